The van der Waals surface area contributed by atoms with Gasteiger partial charge in [0.25, 0.3) is 0 Å². The Morgan fingerprint density at radius 1 is 1.05 bits per heavy atom. The van der Waals surface area contributed by atoms with E-state index >= 15 is 0 Å². The summed E-state index contributed by atoms with van der Waals surface area (Å²) in [7, 11) is 0. The minimum atomic E-state index is -1.34. The van der Waals surface area contributed by atoms with E-state index in [-0.39, 0.29) is 5.92 Å². The number of carboxylic acids is 2. The Kier molecular flexibility index (Phi) is 5.55. The van der Waals surface area contributed by atoms with Crippen LogP contribution < -0.4 is 0 Å². The summed E-state index contributed by atoms with van der Waals surface area (Å²) in [5.74, 6) is -3.99. The third-order valence-electron chi connectivity index (χ3n) is 3.12. The molecule has 0 spiro atoms. The van der Waals surface area contributed by atoms with Crippen molar-refractivity contribution in [1.29, 1.82) is 0 Å². The summed E-state index contributed by atoms with van der Waals surface area (Å²) in [5, 5.41) is 18.2. The van der Waals surface area contributed by atoms with E-state index < -0.39 is 23.8 Å². The molecule has 1 unspecified atom stereocenters. The summed E-state index contributed by atoms with van der Waals surface area (Å²) in [6, 6.07) is 9.42. The zero-order valence-electron chi connectivity index (χ0n) is 11.2. The van der Waals surface area contributed by atoms with Gasteiger partial charge < -0.3 is 10.2 Å². The molecule has 0 aliphatic rings. The van der Waals surface area contributed by atoms with Gasteiger partial charge in [0.05, 0.1) is 0 Å². The number of aliphatic carboxylic acids is 2. The van der Waals surface area contributed by atoms with Crippen molar-refractivity contribution in [2.45, 2.75) is 26.7 Å². The maximum atomic E-state index is 11.2. The van der Waals surface area contributed by atoms with E-state index in [4.69, 9.17) is 10.2 Å². The van der Waals surface area contributed by atoms with Gasteiger partial charge in [-0.3, -0.25) is 9.59 Å². The molecule has 0 saturated carbocycles. The van der Waals surface area contributed by atoms with Crippen LogP contribution in [0.4, 0.5) is 0 Å². The summed E-state index contributed by atoms with van der Waals surface area (Å²) >= 11 is 0. The van der Waals surface area contributed by atoms with Gasteiger partial charge in [0.15, 0.2) is 5.92 Å². The maximum Gasteiger partial charge on any atom is 0.318 e. The van der Waals surface area contributed by atoms with Gasteiger partial charge in [-0.15, -0.1) is 0 Å². The first kappa shape index (κ1) is 15.2. The van der Waals surface area contributed by atoms with Crippen LogP contribution in [0.5, 0.6) is 0 Å². The minimum Gasteiger partial charge on any atom is -0.481 e. The van der Waals surface area contributed by atoms with Crippen LogP contribution in [-0.2, 0) is 16.0 Å². The molecule has 0 amide bonds. The van der Waals surface area contributed by atoms with E-state index in [1.54, 1.807) is 0 Å². The van der Waals surface area contributed by atoms with Crippen LogP contribution in [0.3, 0.4) is 0 Å². The second-order valence-electron chi connectivity index (χ2n) is 5.23. The molecule has 1 aromatic rings. The second kappa shape index (κ2) is 6.92. The van der Waals surface area contributed by atoms with Crippen LogP contribution in [0.2, 0.25) is 0 Å². The summed E-state index contributed by atoms with van der Waals surface area (Å²) < 4.78 is 0. The van der Waals surface area contributed by atoms with Gasteiger partial charge in [-0.1, -0.05) is 44.2 Å². The lowest BCUT2D eigenvalue weighted by molar-refractivity contribution is -0.157. The maximum absolute atomic E-state index is 11.2. The number of hydrogen-bond donors (Lipinski definition) is 2. The number of carbonyl (C=O) groups is 2. The molecule has 104 valence electrons. The van der Waals surface area contributed by atoms with Crippen LogP contribution in [0, 0.1) is 17.8 Å². The predicted molar refractivity (Wildman–Crippen MR) is 71.9 cm³/mol. The normalized spacial score (nSPS) is 12.6. The fourth-order valence-corrected chi connectivity index (χ4v) is 2.37. The fraction of sp³-hybridized carbons (Fsp3) is 0.467. The number of rotatable bonds is 7. The molecular weight excluding hydrogens is 244 g/mol. The van der Waals surface area contributed by atoms with Crippen molar-refractivity contribution in [3.63, 3.8) is 0 Å². The Hall–Kier alpha value is -1.84. The van der Waals surface area contributed by atoms with Gasteiger partial charge >= 0.3 is 11.9 Å². The van der Waals surface area contributed by atoms with Crippen molar-refractivity contribution in [3.05, 3.63) is 35.9 Å². The molecule has 0 radical (unpaired) electrons. The van der Waals surface area contributed by atoms with E-state index in [0.29, 0.717) is 12.8 Å². The lowest BCUT2D eigenvalue weighted by Crippen LogP contribution is -2.33. The highest BCUT2D eigenvalue weighted by Gasteiger charge is 2.35. The predicted octanol–water partition coefficient (Wildman–Crippen LogP) is 2.68. The smallest absolute Gasteiger partial charge is 0.318 e. The van der Waals surface area contributed by atoms with Gasteiger partial charge in [0.1, 0.15) is 0 Å². The van der Waals surface area contributed by atoms with E-state index in [1.807, 2.05) is 44.2 Å². The molecule has 0 aliphatic heterocycles. The first-order chi connectivity index (χ1) is 8.91. The zero-order valence-corrected chi connectivity index (χ0v) is 11.2. The standard InChI is InChI=1S/C15H20O4/c1-10(2)8-12(13(14(16)17)15(18)19)9-11-6-4-3-5-7-11/h3-7,10,12-13H,8-9H2,1-2H3,(H,16,17)(H,18,19). The van der Waals surface area contributed by atoms with Gasteiger partial charge in [-0.05, 0) is 30.2 Å². The Morgan fingerprint density at radius 3 is 2.00 bits per heavy atom. The molecule has 19 heavy (non-hydrogen) atoms. The first-order valence-corrected chi connectivity index (χ1v) is 6.41. The first-order valence-electron chi connectivity index (χ1n) is 6.41. The fourth-order valence-electron chi connectivity index (χ4n) is 2.37. The van der Waals surface area contributed by atoms with Gasteiger partial charge in [-0.25, -0.2) is 0 Å². The topological polar surface area (TPSA) is 74.6 Å². The molecule has 4 nitrogen and oxygen atoms in total. The van der Waals surface area contributed by atoms with Crippen LogP contribution in [-0.4, -0.2) is 22.2 Å². The third-order valence-corrected chi connectivity index (χ3v) is 3.12. The van der Waals surface area contributed by atoms with Gasteiger partial charge in [0, 0.05) is 0 Å². The molecular formula is C15H20O4. The Morgan fingerprint density at radius 2 is 1.58 bits per heavy atom. The molecule has 0 heterocycles. The highest BCUT2D eigenvalue weighted by Crippen LogP contribution is 2.25. The molecule has 1 aromatic carbocycles. The van der Waals surface area contributed by atoms with Crippen molar-refractivity contribution in [2.24, 2.45) is 17.8 Å². The Labute approximate surface area is 113 Å². The van der Waals surface area contributed by atoms with Crippen molar-refractivity contribution < 1.29 is 19.8 Å². The molecule has 0 fully saturated rings. The minimum absolute atomic E-state index is 0.259. The van der Waals surface area contributed by atoms with E-state index in [0.717, 1.165) is 5.56 Å². The molecule has 0 saturated heterocycles. The van der Waals surface area contributed by atoms with Crippen LogP contribution in [0.25, 0.3) is 0 Å². The summed E-state index contributed by atoms with van der Waals surface area (Å²) in [6.45, 7) is 3.94. The van der Waals surface area contributed by atoms with Crippen LogP contribution in [0.1, 0.15) is 25.8 Å². The van der Waals surface area contributed by atoms with E-state index in [9.17, 15) is 9.59 Å². The van der Waals surface area contributed by atoms with Crippen molar-refractivity contribution in [2.75, 3.05) is 0 Å². The number of benzene rings is 1. The SMILES string of the molecule is CC(C)CC(Cc1ccccc1)C(C(=O)O)C(=O)O. The average Bonchev–Trinajstić information content (AvgIpc) is 2.28. The molecule has 0 aliphatic carbocycles. The number of hydrogen-bond acceptors (Lipinski definition) is 2. The molecule has 4 heteroatoms. The Balaban J connectivity index is 2.93. The van der Waals surface area contributed by atoms with E-state index in [1.165, 1.54) is 0 Å². The molecule has 2 N–H and O–H groups in total. The molecule has 0 aromatic heterocycles. The second-order valence-corrected chi connectivity index (χ2v) is 5.23. The lowest BCUT2D eigenvalue weighted by atomic mass is 9.81. The molecule has 1 atom stereocenters. The molecule has 1 rings (SSSR count). The number of carboxylic acid groups (broad SMARTS) is 2. The summed E-state index contributed by atoms with van der Waals surface area (Å²) in [6.07, 6.45) is 1.06. The molecule has 0 bridgehead atoms. The van der Waals surface area contributed by atoms with Crippen molar-refractivity contribution in [3.8, 4) is 0 Å². The van der Waals surface area contributed by atoms with Gasteiger partial charge in [0.2, 0.25) is 0 Å². The van der Waals surface area contributed by atoms with Crippen LogP contribution >= 0.6 is 0 Å². The van der Waals surface area contributed by atoms with Crippen molar-refractivity contribution in [1.82, 2.24) is 0 Å². The summed E-state index contributed by atoms with van der Waals surface area (Å²) in [5.41, 5.74) is 0.973. The zero-order chi connectivity index (χ0) is 14.4. The lowest BCUT2D eigenvalue weighted by Gasteiger charge is -2.22. The highest BCUT2D eigenvalue weighted by molar-refractivity contribution is 5.93. The average molecular weight is 264 g/mol. The monoisotopic (exact) mass is 264 g/mol. The largest absolute Gasteiger partial charge is 0.481 e. The Bertz CT molecular complexity index is 411. The highest BCUT2D eigenvalue weighted by atomic mass is 16.4. The third kappa shape index (κ3) is 4.73. The van der Waals surface area contributed by atoms with E-state index in [2.05, 4.69) is 0 Å². The van der Waals surface area contributed by atoms with Crippen molar-refractivity contribution >= 4 is 11.9 Å². The van der Waals surface area contributed by atoms with Gasteiger partial charge in [-0.2, -0.15) is 0 Å². The van der Waals surface area contributed by atoms with Crippen LogP contribution in [0.15, 0.2) is 30.3 Å². The quantitative estimate of drug-likeness (QED) is 0.742. The summed E-state index contributed by atoms with van der Waals surface area (Å²) in [4.78, 5) is 22.3.